The number of carboxylic acid groups (broad SMARTS) is 4. The molecule has 0 bridgehead atoms. The summed E-state index contributed by atoms with van der Waals surface area (Å²) in [5.41, 5.74) is 0. The Hall–Kier alpha value is -4.76. The van der Waals surface area contributed by atoms with Crippen LogP contribution < -0.4 is 10.6 Å². The predicted molar refractivity (Wildman–Crippen MR) is 248 cm³/mol. The normalized spacial score (nSPS) is 15.5. The van der Waals surface area contributed by atoms with Gasteiger partial charge in [-0.3, -0.25) is 38.4 Å². The van der Waals surface area contributed by atoms with Gasteiger partial charge >= 0.3 is 35.8 Å². The van der Waals surface area contributed by atoms with Gasteiger partial charge in [0, 0.05) is 20.5 Å². The number of allylic oxidation sites excluding steroid dienone is 4. The summed E-state index contributed by atoms with van der Waals surface area (Å²) in [6.45, 7) is 24.8. The zero-order chi connectivity index (χ0) is 50.5. The van der Waals surface area contributed by atoms with Gasteiger partial charge in [0.1, 0.15) is 0 Å². The van der Waals surface area contributed by atoms with E-state index in [9.17, 15) is 38.4 Å². The minimum atomic E-state index is -0.986. The van der Waals surface area contributed by atoms with Gasteiger partial charge in [-0.05, 0) is 25.7 Å². The topological polar surface area (TPSA) is 260 Å². The van der Waals surface area contributed by atoms with E-state index >= 15 is 0 Å². The highest BCUT2D eigenvalue weighted by molar-refractivity contribution is 5.85. The van der Waals surface area contributed by atoms with Crippen LogP contribution in [0.5, 0.6) is 0 Å². The number of hydrogen-bond acceptors (Lipinski definition) is 10. The molecule has 0 heterocycles. The molecule has 0 fully saturated rings. The Balaban J connectivity index is -0.0000000936. The van der Waals surface area contributed by atoms with E-state index in [4.69, 9.17) is 20.4 Å². The number of carbonyl (C=O) groups excluding carboxylic acids is 4. The van der Waals surface area contributed by atoms with E-state index in [0.29, 0.717) is 25.7 Å². The molecule has 16 heteroatoms. The summed E-state index contributed by atoms with van der Waals surface area (Å²) in [6, 6.07) is 0. The molecule has 368 valence electrons. The quantitative estimate of drug-likeness (QED) is 0.0701. The lowest BCUT2D eigenvalue weighted by atomic mass is 9.82. The van der Waals surface area contributed by atoms with E-state index in [1.165, 1.54) is 66.8 Å². The predicted octanol–water partition coefficient (Wildman–Crippen LogP) is 9.35. The fourth-order valence-electron chi connectivity index (χ4n) is 4.42. The SMILES string of the molecule is CC.CC.CC.CC.CCCCC.CCCCC.CNC(=O)C1CC=CCC1C(=O)O.CNC(=O)CCC(=O)O.COC(=O)C1CC=CCC1C(=O)O.COC(=O)CCC(=O)O. The molecule has 0 saturated heterocycles. The second kappa shape index (κ2) is 60.5. The molecule has 0 aliphatic heterocycles. The van der Waals surface area contributed by atoms with Crippen molar-refractivity contribution in [3.8, 4) is 0 Å². The van der Waals surface area contributed by atoms with Crippen molar-refractivity contribution < 1.29 is 68.3 Å². The molecule has 0 radical (unpaired) electrons. The fourth-order valence-corrected chi connectivity index (χ4v) is 4.42. The summed E-state index contributed by atoms with van der Waals surface area (Å²) in [7, 11) is 5.51. The number of ether oxygens (including phenoxy) is 2. The second-order valence-electron chi connectivity index (χ2n) is 11.9. The summed E-state index contributed by atoms with van der Waals surface area (Å²) in [6.07, 6.45) is 17.0. The van der Waals surface area contributed by atoms with Crippen molar-refractivity contribution in [3.63, 3.8) is 0 Å². The smallest absolute Gasteiger partial charge is 0.309 e. The van der Waals surface area contributed by atoms with Crippen molar-refractivity contribution in [1.82, 2.24) is 10.6 Å². The summed E-state index contributed by atoms with van der Waals surface area (Å²) in [5.74, 6) is -7.22. The van der Waals surface area contributed by atoms with Gasteiger partial charge in [0.05, 0.1) is 57.2 Å². The van der Waals surface area contributed by atoms with Gasteiger partial charge in [-0.1, -0.05) is 146 Å². The van der Waals surface area contributed by atoms with Crippen LogP contribution in [0.2, 0.25) is 0 Å². The first kappa shape index (κ1) is 74.7. The maximum atomic E-state index is 11.3. The summed E-state index contributed by atoms with van der Waals surface area (Å²) >= 11 is 0. The maximum absolute atomic E-state index is 11.3. The lowest BCUT2D eigenvalue weighted by Crippen LogP contribution is -2.37. The summed E-state index contributed by atoms with van der Waals surface area (Å²) in [4.78, 5) is 84.2. The van der Waals surface area contributed by atoms with Crippen LogP contribution in [-0.2, 0) is 47.8 Å². The van der Waals surface area contributed by atoms with Gasteiger partial charge in [-0.25, -0.2) is 0 Å². The van der Waals surface area contributed by atoms with Crippen molar-refractivity contribution >= 4 is 47.6 Å². The average molecular weight is 895 g/mol. The van der Waals surface area contributed by atoms with Gasteiger partial charge in [-0.2, -0.15) is 0 Å². The molecule has 2 aliphatic rings. The molecular formula is C46H90N2O14. The fraction of sp³-hybridized carbons (Fsp3) is 0.739. The monoisotopic (exact) mass is 895 g/mol. The summed E-state index contributed by atoms with van der Waals surface area (Å²) in [5, 5.41) is 38.6. The van der Waals surface area contributed by atoms with Crippen LogP contribution >= 0.6 is 0 Å². The highest BCUT2D eigenvalue weighted by atomic mass is 16.5. The molecule has 2 amide bonds. The van der Waals surface area contributed by atoms with Gasteiger partial charge in [-0.15, -0.1) is 0 Å². The van der Waals surface area contributed by atoms with Gasteiger partial charge < -0.3 is 40.5 Å². The molecule has 2 rings (SSSR count). The first-order valence-corrected chi connectivity index (χ1v) is 22.2. The van der Waals surface area contributed by atoms with Gasteiger partial charge in [0.15, 0.2) is 0 Å². The van der Waals surface area contributed by atoms with Crippen molar-refractivity contribution in [2.24, 2.45) is 23.7 Å². The molecule has 62 heavy (non-hydrogen) atoms. The Bertz CT molecular complexity index is 1060. The van der Waals surface area contributed by atoms with E-state index < -0.39 is 59.5 Å². The highest BCUT2D eigenvalue weighted by Gasteiger charge is 2.35. The highest BCUT2D eigenvalue weighted by Crippen LogP contribution is 2.27. The van der Waals surface area contributed by atoms with Crippen LogP contribution in [0.3, 0.4) is 0 Å². The molecule has 6 N–H and O–H groups in total. The van der Waals surface area contributed by atoms with Crippen LogP contribution in [0.1, 0.15) is 173 Å². The Morgan fingerprint density at radius 1 is 0.484 bits per heavy atom. The number of carboxylic acids is 4. The van der Waals surface area contributed by atoms with Crippen LogP contribution in [0.4, 0.5) is 0 Å². The largest absolute Gasteiger partial charge is 0.481 e. The lowest BCUT2D eigenvalue weighted by molar-refractivity contribution is -0.155. The zero-order valence-corrected chi connectivity index (χ0v) is 41.4. The third kappa shape index (κ3) is 53.3. The van der Waals surface area contributed by atoms with Crippen LogP contribution in [0.25, 0.3) is 0 Å². The third-order valence-corrected chi connectivity index (χ3v) is 7.62. The Morgan fingerprint density at radius 2 is 0.806 bits per heavy atom. The molecule has 0 spiro atoms. The first-order chi connectivity index (χ1) is 29.5. The molecule has 0 aromatic heterocycles. The Labute approximate surface area is 375 Å². The molecule has 0 saturated carbocycles. The molecule has 16 nitrogen and oxygen atoms in total. The number of rotatable bonds is 14. The van der Waals surface area contributed by atoms with Crippen molar-refractivity contribution in [1.29, 1.82) is 0 Å². The van der Waals surface area contributed by atoms with E-state index in [0.717, 1.165) is 0 Å². The van der Waals surface area contributed by atoms with E-state index in [2.05, 4.69) is 47.8 Å². The lowest BCUT2D eigenvalue weighted by Gasteiger charge is -2.23. The van der Waals surface area contributed by atoms with Crippen LogP contribution in [0.15, 0.2) is 24.3 Å². The number of unbranched alkanes of at least 4 members (excludes halogenated alkanes) is 4. The van der Waals surface area contributed by atoms with Crippen LogP contribution in [-0.4, -0.2) is 96.4 Å². The number of amides is 2. The minimum absolute atomic E-state index is 0.0498. The summed E-state index contributed by atoms with van der Waals surface area (Å²) < 4.78 is 8.73. The number of hydrogen-bond donors (Lipinski definition) is 6. The molecule has 0 aromatic rings. The standard InChI is InChI=1S/C9H13NO3.C9H12O4.C5H9NO3.C5H8O4.2C5H12.4C2H6/c1-10-8(11)6-4-2-3-5-7(6)9(12)13;1-13-9(12)7-5-3-2-4-6(7)8(10)11;1-6-4(7)2-3-5(8)9;1-9-5(8)3-2-4(6)7;2*1-3-5-4-2;4*1-2/h2-3,6-7H,4-5H2,1H3,(H,10,11)(H,12,13);2-3,6-7H,4-5H2,1H3,(H,10,11);2-3H2,1H3,(H,6,7)(H,8,9);2-3H2,1H3,(H,6,7);2*3-5H2,1-2H3;4*1-2H3. The van der Waals surface area contributed by atoms with Gasteiger partial charge in [0.2, 0.25) is 11.8 Å². The molecule has 4 unspecified atom stereocenters. The maximum Gasteiger partial charge on any atom is 0.309 e. The van der Waals surface area contributed by atoms with E-state index in [-0.39, 0.29) is 37.5 Å². The van der Waals surface area contributed by atoms with E-state index in [1.54, 1.807) is 6.08 Å². The van der Waals surface area contributed by atoms with Gasteiger partial charge in [0.25, 0.3) is 0 Å². The van der Waals surface area contributed by atoms with Crippen molar-refractivity contribution in [2.45, 2.75) is 173 Å². The second-order valence-corrected chi connectivity index (χ2v) is 11.9. The molecule has 2 aliphatic carbocycles. The Morgan fingerprint density at radius 3 is 1.06 bits per heavy atom. The Kier molecular flexibility index (Phi) is 72.9. The van der Waals surface area contributed by atoms with Crippen molar-refractivity contribution in [2.75, 3.05) is 28.3 Å². The number of methoxy groups -OCH3 is 2. The minimum Gasteiger partial charge on any atom is -0.481 e. The zero-order valence-electron chi connectivity index (χ0n) is 41.4. The number of esters is 2. The molecular weight excluding hydrogens is 805 g/mol. The number of nitrogens with one attached hydrogen (secondary N) is 2. The van der Waals surface area contributed by atoms with E-state index in [1.807, 2.05) is 73.6 Å². The number of carbonyl (C=O) groups is 8. The third-order valence-electron chi connectivity index (χ3n) is 7.62. The number of aliphatic carboxylic acids is 4. The average Bonchev–Trinajstić information content (AvgIpc) is 3.30. The molecule has 4 atom stereocenters. The van der Waals surface area contributed by atoms with Crippen LogP contribution in [0, 0.1) is 23.7 Å². The first-order valence-electron chi connectivity index (χ1n) is 22.2. The van der Waals surface area contributed by atoms with Crippen molar-refractivity contribution in [3.05, 3.63) is 24.3 Å². The molecule has 0 aromatic carbocycles.